The first kappa shape index (κ1) is 17.3. The highest BCUT2D eigenvalue weighted by molar-refractivity contribution is 7.98. The second-order valence-corrected chi connectivity index (χ2v) is 5.43. The molecule has 0 aliphatic rings. The summed E-state index contributed by atoms with van der Waals surface area (Å²) >= 11 is 7.25. The molecule has 1 aromatic rings. The molecule has 114 valence electrons. The fourth-order valence-corrected chi connectivity index (χ4v) is 2.34. The number of nitrogens with zero attached hydrogens (tertiary/aromatic N) is 1. The van der Waals surface area contributed by atoms with E-state index < -0.39 is 28.5 Å². The fourth-order valence-electron chi connectivity index (χ4n) is 1.61. The van der Waals surface area contributed by atoms with Crippen LogP contribution in [0.1, 0.15) is 16.8 Å². The number of carboxylic acids is 1. The standard InChI is InChI=1S/C12H13ClN2O5S/c1-21-6-5-8(12(17)18)14-11(16)10-7(13)3-2-4-9(10)15(19)20/h2-4,8H,5-6H2,1H3,(H,14,16)(H,17,18)/t8-/m0/s1. The summed E-state index contributed by atoms with van der Waals surface area (Å²) in [6.45, 7) is 0. The lowest BCUT2D eigenvalue weighted by Gasteiger charge is -2.14. The van der Waals surface area contributed by atoms with Crippen molar-refractivity contribution in [3.8, 4) is 0 Å². The molecule has 0 saturated heterocycles. The first-order valence-electron chi connectivity index (χ1n) is 5.84. The molecule has 1 aromatic carbocycles. The third kappa shape index (κ3) is 4.61. The molecule has 1 rings (SSSR count). The van der Waals surface area contributed by atoms with Crippen LogP contribution in [0.5, 0.6) is 0 Å². The molecule has 2 N–H and O–H groups in total. The lowest BCUT2D eigenvalue weighted by atomic mass is 10.1. The summed E-state index contributed by atoms with van der Waals surface area (Å²) in [5.41, 5.74) is -0.798. The van der Waals surface area contributed by atoms with Crippen molar-refractivity contribution in [3.05, 3.63) is 38.9 Å². The van der Waals surface area contributed by atoms with E-state index in [9.17, 15) is 19.7 Å². The first-order chi connectivity index (χ1) is 9.88. The Morgan fingerprint density at radius 3 is 2.71 bits per heavy atom. The van der Waals surface area contributed by atoms with Crippen molar-refractivity contribution in [2.75, 3.05) is 12.0 Å². The van der Waals surface area contributed by atoms with Gasteiger partial charge >= 0.3 is 5.97 Å². The minimum Gasteiger partial charge on any atom is -0.480 e. The van der Waals surface area contributed by atoms with Gasteiger partial charge in [0.05, 0.1) is 9.95 Å². The number of nitrogens with one attached hydrogen (secondary N) is 1. The Kier molecular flexibility index (Phi) is 6.44. The number of carbonyl (C=O) groups is 2. The highest BCUT2D eigenvalue weighted by Crippen LogP contribution is 2.26. The van der Waals surface area contributed by atoms with Gasteiger partial charge in [-0.1, -0.05) is 17.7 Å². The molecule has 21 heavy (non-hydrogen) atoms. The highest BCUT2D eigenvalue weighted by Gasteiger charge is 2.27. The van der Waals surface area contributed by atoms with Gasteiger partial charge in [-0.05, 0) is 24.5 Å². The zero-order chi connectivity index (χ0) is 16.0. The predicted octanol–water partition coefficient (Wildman–Crippen LogP) is 2.18. The second-order valence-electron chi connectivity index (χ2n) is 4.04. The number of benzene rings is 1. The van der Waals surface area contributed by atoms with E-state index in [1.54, 1.807) is 6.26 Å². The van der Waals surface area contributed by atoms with Gasteiger partial charge in [-0.15, -0.1) is 0 Å². The highest BCUT2D eigenvalue weighted by atomic mass is 35.5. The molecule has 0 saturated carbocycles. The molecule has 1 amide bonds. The molecule has 0 fully saturated rings. The largest absolute Gasteiger partial charge is 0.480 e. The SMILES string of the molecule is CSCC[C@H](NC(=O)c1c(Cl)cccc1[N+](=O)[O-])C(=O)O. The number of rotatable bonds is 7. The van der Waals surface area contributed by atoms with Gasteiger partial charge < -0.3 is 10.4 Å². The van der Waals surface area contributed by atoms with Crippen LogP contribution < -0.4 is 5.32 Å². The van der Waals surface area contributed by atoms with E-state index in [2.05, 4.69) is 5.32 Å². The number of halogens is 1. The Morgan fingerprint density at radius 2 is 2.19 bits per heavy atom. The quantitative estimate of drug-likeness (QED) is 0.585. The van der Waals surface area contributed by atoms with E-state index in [-0.39, 0.29) is 17.0 Å². The van der Waals surface area contributed by atoms with Crippen LogP contribution in [-0.2, 0) is 4.79 Å². The lowest BCUT2D eigenvalue weighted by molar-refractivity contribution is -0.385. The number of thioether (sulfide) groups is 1. The molecule has 0 unspecified atom stereocenters. The van der Waals surface area contributed by atoms with Gasteiger partial charge in [-0.2, -0.15) is 11.8 Å². The van der Waals surface area contributed by atoms with Crippen molar-refractivity contribution >= 4 is 40.9 Å². The van der Waals surface area contributed by atoms with Crippen molar-refractivity contribution in [3.63, 3.8) is 0 Å². The monoisotopic (exact) mass is 332 g/mol. The average Bonchev–Trinajstić information content (AvgIpc) is 2.42. The molecule has 1 atom stereocenters. The predicted molar refractivity (Wildman–Crippen MR) is 80.0 cm³/mol. The number of nitro benzene ring substituents is 1. The summed E-state index contributed by atoms with van der Waals surface area (Å²) in [6.07, 6.45) is 2.01. The summed E-state index contributed by atoms with van der Waals surface area (Å²) in [5, 5.41) is 22.1. The van der Waals surface area contributed by atoms with Crippen molar-refractivity contribution in [2.24, 2.45) is 0 Å². The zero-order valence-electron chi connectivity index (χ0n) is 11.0. The number of hydrogen-bond donors (Lipinski definition) is 2. The molecular weight excluding hydrogens is 320 g/mol. The maximum atomic E-state index is 12.1. The second kappa shape index (κ2) is 7.84. The van der Waals surface area contributed by atoms with Crippen LogP contribution in [0.25, 0.3) is 0 Å². The van der Waals surface area contributed by atoms with E-state index in [1.165, 1.54) is 23.9 Å². The molecule has 0 aliphatic carbocycles. The van der Waals surface area contributed by atoms with Gasteiger partial charge in [0.2, 0.25) is 0 Å². The third-order valence-corrected chi connectivity index (χ3v) is 3.59. The average molecular weight is 333 g/mol. The van der Waals surface area contributed by atoms with Crippen LogP contribution in [-0.4, -0.2) is 40.0 Å². The molecule has 0 spiro atoms. The van der Waals surface area contributed by atoms with Crippen LogP contribution in [0.3, 0.4) is 0 Å². The number of carboxylic acid groups (broad SMARTS) is 1. The van der Waals surface area contributed by atoms with Gasteiger partial charge in [0.1, 0.15) is 11.6 Å². The van der Waals surface area contributed by atoms with Crippen molar-refractivity contribution < 1.29 is 19.6 Å². The van der Waals surface area contributed by atoms with E-state index in [1.807, 2.05) is 0 Å². The van der Waals surface area contributed by atoms with E-state index in [4.69, 9.17) is 16.7 Å². The van der Waals surface area contributed by atoms with E-state index in [0.29, 0.717) is 5.75 Å². The Balaban J connectivity index is 3.02. The van der Waals surface area contributed by atoms with Crippen molar-refractivity contribution in [2.45, 2.75) is 12.5 Å². The van der Waals surface area contributed by atoms with Gasteiger partial charge in [0.25, 0.3) is 11.6 Å². The number of hydrogen-bond acceptors (Lipinski definition) is 5. The van der Waals surface area contributed by atoms with E-state index >= 15 is 0 Å². The lowest BCUT2D eigenvalue weighted by Crippen LogP contribution is -2.41. The summed E-state index contributed by atoms with van der Waals surface area (Å²) in [4.78, 5) is 33.4. The molecular formula is C12H13ClN2O5S. The van der Waals surface area contributed by atoms with Crippen molar-refractivity contribution in [1.29, 1.82) is 0 Å². The van der Waals surface area contributed by atoms with Crippen LogP contribution in [0.4, 0.5) is 5.69 Å². The fraction of sp³-hybridized carbons (Fsp3) is 0.333. The number of aliphatic carboxylic acids is 1. The van der Waals surface area contributed by atoms with E-state index in [0.717, 1.165) is 6.07 Å². The zero-order valence-corrected chi connectivity index (χ0v) is 12.6. The Labute approximate surface area is 129 Å². The summed E-state index contributed by atoms with van der Waals surface area (Å²) in [6, 6.07) is 2.69. The molecule has 7 nitrogen and oxygen atoms in total. The van der Waals surface area contributed by atoms with Gasteiger partial charge in [0, 0.05) is 6.07 Å². The third-order valence-electron chi connectivity index (χ3n) is 2.63. The normalized spacial score (nSPS) is 11.7. The summed E-state index contributed by atoms with van der Waals surface area (Å²) in [5.74, 6) is -1.55. The molecule has 0 heterocycles. The molecule has 0 aromatic heterocycles. The van der Waals surface area contributed by atoms with Crippen LogP contribution in [0, 0.1) is 10.1 Å². The number of carbonyl (C=O) groups excluding carboxylic acids is 1. The van der Waals surface area contributed by atoms with Crippen molar-refractivity contribution in [1.82, 2.24) is 5.32 Å². The van der Waals surface area contributed by atoms with Gasteiger partial charge in [-0.25, -0.2) is 4.79 Å². The number of amides is 1. The Bertz CT molecular complexity index is 567. The van der Waals surface area contributed by atoms with Crippen LogP contribution in [0.15, 0.2) is 18.2 Å². The molecule has 9 heteroatoms. The minimum atomic E-state index is -1.20. The maximum absolute atomic E-state index is 12.1. The smallest absolute Gasteiger partial charge is 0.326 e. The number of nitro groups is 1. The van der Waals surface area contributed by atoms with Crippen LogP contribution in [0.2, 0.25) is 5.02 Å². The Hall–Kier alpha value is -1.80. The molecule has 0 bridgehead atoms. The minimum absolute atomic E-state index is 0.101. The maximum Gasteiger partial charge on any atom is 0.326 e. The van der Waals surface area contributed by atoms with Gasteiger partial charge in [-0.3, -0.25) is 14.9 Å². The summed E-state index contributed by atoms with van der Waals surface area (Å²) < 4.78 is 0. The molecule has 0 radical (unpaired) electrons. The summed E-state index contributed by atoms with van der Waals surface area (Å²) in [7, 11) is 0. The Morgan fingerprint density at radius 1 is 1.52 bits per heavy atom. The van der Waals surface area contributed by atoms with Crippen LogP contribution >= 0.6 is 23.4 Å². The molecule has 0 aliphatic heterocycles. The first-order valence-corrected chi connectivity index (χ1v) is 7.61. The topological polar surface area (TPSA) is 110 Å². The van der Waals surface area contributed by atoms with Gasteiger partial charge in [0.15, 0.2) is 0 Å².